The van der Waals surface area contributed by atoms with Gasteiger partial charge < -0.3 is 5.32 Å². The predicted octanol–water partition coefficient (Wildman–Crippen LogP) is 4.53. The molecule has 0 aliphatic carbocycles. The van der Waals surface area contributed by atoms with Crippen LogP contribution in [0.5, 0.6) is 0 Å². The number of hydrogen-bond acceptors (Lipinski definition) is 4. The van der Waals surface area contributed by atoms with E-state index in [0.29, 0.717) is 12.5 Å². The van der Waals surface area contributed by atoms with Gasteiger partial charge >= 0.3 is 6.18 Å². The van der Waals surface area contributed by atoms with Crippen LogP contribution in [0.15, 0.2) is 18.2 Å². The van der Waals surface area contributed by atoms with Gasteiger partial charge in [-0.1, -0.05) is 6.92 Å². The van der Waals surface area contributed by atoms with Gasteiger partial charge in [0.05, 0.1) is 22.2 Å². The third kappa shape index (κ3) is 3.75. The first kappa shape index (κ1) is 18.8. The van der Waals surface area contributed by atoms with Crippen LogP contribution in [0, 0.1) is 24.0 Å². The maximum absolute atomic E-state index is 12.8. The van der Waals surface area contributed by atoms with E-state index >= 15 is 0 Å². The van der Waals surface area contributed by atoms with E-state index in [1.165, 1.54) is 0 Å². The molecular weight excluding hydrogens is 337 g/mol. The Morgan fingerprint density at radius 1 is 1.36 bits per heavy atom. The van der Waals surface area contributed by atoms with Crippen LogP contribution in [0.25, 0.3) is 0 Å². The molecule has 0 aliphatic heterocycles. The first-order valence-electron chi connectivity index (χ1n) is 7.68. The fourth-order valence-electron chi connectivity index (χ4n) is 2.84. The Labute approximate surface area is 142 Å². The lowest BCUT2D eigenvalue weighted by atomic mass is 10.0. The van der Waals surface area contributed by atoms with Crippen LogP contribution in [0.4, 0.5) is 24.5 Å². The normalized spacial score (nSPS) is 12.9. The Morgan fingerprint density at radius 2 is 2.00 bits per heavy atom. The van der Waals surface area contributed by atoms with Crippen LogP contribution in [0.3, 0.4) is 0 Å². The van der Waals surface area contributed by atoms with E-state index in [9.17, 15) is 23.3 Å². The van der Waals surface area contributed by atoms with E-state index in [0.717, 1.165) is 29.1 Å². The number of nitrogens with one attached hydrogen (secondary N) is 1. The molecule has 6 nitrogen and oxygen atoms in total. The Hall–Kier alpha value is -2.58. The summed E-state index contributed by atoms with van der Waals surface area (Å²) >= 11 is 0. The van der Waals surface area contributed by atoms with Gasteiger partial charge in [0, 0.05) is 24.4 Å². The number of benzene rings is 1. The molecule has 1 N–H and O–H groups in total. The number of halogens is 3. The van der Waals surface area contributed by atoms with E-state index in [2.05, 4.69) is 10.4 Å². The zero-order valence-electron chi connectivity index (χ0n) is 14.3. The number of nitrogens with zero attached hydrogens (tertiary/aromatic N) is 3. The Morgan fingerprint density at radius 3 is 2.44 bits per heavy atom. The molecule has 1 aromatic heterocycles. The Balaban J connectivity index is 2.45. The molecule has 25 heavy (non-hydrogen) atoms. The number of aromatic nitrogens is 2. The average Bonchev–Trinajstić information content (AvgIpc) is 2.77. The topological polar surface area (TPSA) is 73.0 Å². The predicted molar refractivity (Wildman–Crippen MR) is 87.4 cm³/mol. The summed E-state index contributed by atoms with van der Waals surface area (Å²) in [5.41, 5.74) is 0.950. The summed E-state index contributed by atoms with van der Waals surface area (Å²) in [6.07, 6.45) is -4.05. The fourth-order valence-corrected chi connectivity index (χ4v) is 2.84. The highest BCUT2D eigenvalue weighted by Crippen LogP contribution is 2.37. The molecule has 0 saturated carbocycles. The molecule has 2 rings (SSSR count). The molecule has 1 atom stereocenters. The highest BCUT2D eigenvalue weighted by molar-refractivity contribution is 5.64. The number of hydrogen-bond donors (Lipinski definition) is 1. The van der Waals surface area contributed by atoms with Crippen molar-refractivity contribution in [2.24, 2.45) is 7.05 Å². The molecule has 1 heterocycles. The molecule has 1 aromatic carbocycles. The molecule has 0 saturated heterocycles. The van der Waals surface area contributed by atoms with Crippen molar-refractivity contribution in [3.05, 3.63) is 50.8 Å². The van der Waals surface area contributed by atoms with Gasteiger partial charge in [0.25, 0.3) is 5.69 Å². The molecule has 1 unspecified atom stereocenters. The van der Waals surface area contributed by atoms with Crippen molar-refractivity contribution in [1.29, 1.82) is 0 Å². The van der Waals surface area contributed by atoms with Gasteiger partial charge in [-0.25, -0.2) is 0 Å². The van der Waals surface area contributed by atoms with Gasteiger partial charge in [-0.2, -0.15) is 18.3 Å². The lowest BCUT2D eigenvalue weighted by molar-refractivity contribution is -0.384. The molecule has 136 valence electrons. The number of alkyl halides is 3. The van der Waals surface area contributed by atoms with Crippen molar-refractivity contribution in [3.63, 3.8) is 0 Å². The molecule has 9 heteroatoms. The zero-order valence-corrected chi connectivity index (χ0v) is 14.3. The highest BCUT2D eigenvalue weighted by Gasteiger charge is 2.33. The summed E-state index contributed by atoms with van der Waals surface area (Å²) in [4.78, 5) is 10.4. The minimum atomic E-state index is -4.63. The molecule has 0 fully saturated rings. The lowest BCUT2D eigenvalue weighted by Crippen LogP contribution is -2.14. The summed E-state index contributed by atoms with van der Waals surface area (Å²) in [7, 11) is 1.79. The van der Waals surface area contributed by atoms with Crippen molar-refractivity contribution in [3.8, 4) is 0 Å². The number of aryl methyl sites for hydroxylation is 2. The molecule has 2 aromatic rings. The fraction of sp³-hybridized carbons (Fsp3) is 0.438. The van der Waals surface area contributed by atoms with Crippen molar-refractivity contribution in [1.82, 2.24) is 9.78 Å². The quantitative estimate of drug-likeness (QED) is 0.631. The van der Waals surface area contributed by atoms with Crippen LogP contribution in [0.2, 0.25) is 0 Å². The third-order valence-corrected chi connectivity index (χ3v) is 4.17. The van der Waals surface area contributed by atoms with E-state index in [4.69, 9.17) is 0 Å². The first-order valence-corrected chi connectivity index (χ1v) is 7.68. The number of rotatable bonds is 5. The highest BCUT2D eigenvalue weighted by atomic mass is 19.4. The van der Waals surface area contributed by atoms with Crippen LogP contribution < -0.4 is 5.32 Å². The average molecular weight is 356 g/mol. The van der Waals surface area contributed by atoms with E-state index < -0.39 is 22.4 Å². The second-order valence-corrected chi connectivity index (χ2v) is 5.80. The maximum atomic E-state index is 12.8. The van der Waals surface area contributed by atoms with Gasteiger partial charge in [0.1, 0.15) is 5.69 Å². The number of nitro benzene ring substituents is 1. The van der Waals surface area contributed by atoms with Crippen molar-refractivity contribution >= 4 is 11.4 Å². The van der Waals surface area contributed by atoms with Gasteiger partial charge in [-0.05, 0) is 32.4 Å². The van der Waals surface area contributed by atoms with Crippen LogP contribution >= 0.6 is 0 Å². The summed E-state index contributed by atoms with van der Waals surface area (Å²) < 4.78 is 40.1. The molecule has 0 radical (unpaired) electrons. The second kappa shape index (κ2) is 6.73. The summed E-state index contributed by atoms with van der Waals surface area (Å²) in [5, 5.41) is 18.6. The molecule has 0 bridgehead atoms. The monoisotopic (exact) mass is 356 g/mol. The largest absolute Gasteiger partial charge is 0.416 e. The minimum Gasteiger partial charge on any atom is -0.373 e. The SMILES string of the molecule is CCC(Nc1ccc(C(F)(F)F)cc1[N+](=O)[O-])c1c(C)nn(C)c1C. The summed E-state index contributed by atoms with van der Waals surface area (Å²) in [6.45, 7) is 5.59. The van der Waals surface area contributed by atoms with Gasteiger partial charge in [-0.3, -0.25) is 14.8 Å². The van der Waals surface area contributed by atoms with Crippen molar-refractivity contribution in [2.75, 3.05) is 5.32 Å². The second-order valence-electron chi connectivity index (χ2n) is 5.80. The van der Waals surface area contributed by atoms with Crippen LogP contribution in [-0.2, 0) is 13.2 Å². The maximum Gasteiger partial charge on any atom is 0.416 e. The van der Waals surface area contributed by atoms with Gasteiger partial charge in [-0.15, -0.1) is 0 Å². The molecular formula is C16H19F3N4O2. The van der Waals surface area contributed by atoms with E-state index in [1.807, 2.05) is 20.8 Å². The third-order valence-electron chi connectivity index (χ3n) is 4.17. The van der Waals surface area contributed by atoms with Gasteiger partial charge in [0.15, 0.2) is 0 Å². The number of nitro groups is 1. The summed E-state index contributed by atoms with van der Waals surface area (Å²) in [5.74, 6) is 0. The minimum absolute atomic E-state index is 0.0486. The van der Waals surface area contributed by atoms with Crippen molar-refractivity contribution in [2.45, 2.75) is 39.4 Å². The van der Waals surface area contributed by atoms with Crippen LogP contribution in [-0.4, -0.2) is 14.7 Å². The molecule has 0 aliphatic rings. The molecule has 0 amide bonds. The number of anilines is 1. The smallest absolute Gasteiger partial charge is 0.373 e. The lowest BCUT2D eigenvalue weighted by Gasteiger charge is -2.19. The van der Waals surface area contributed by atoms with E-state index in [1.54, 1.807) is 11.7 Å². The molecule has 0 spiro atoms. The Bertz CT molecular complexity index is 799. The van der Waals surface area contributed by atoms with Gasteiger partial charge in [0.2, 0.25) is 0 Å². The van der Waals surface area contributed by atoms with Crippen molar-refractivity contribution < 1.29 is 18.1 Å². The van der Waals surface area contributed by atoms with Crippen LogP contribution in [0.1, 0.15) is 41.9 Å². The first-order chi connectivity index (χ1) is 11.6. The Kier molecular flexibility index (Phi) is 5.05. The summed E-state index contributed by atoms with van der Waals surface area (Å²) in [6, 6.07) is 2.19. The standard InChI is InChI=1S/C16H19F3N4O2/c1-5-12(15-9(2)21-22(4)10(15)3)20-13-7-6-11(16(17,18)19)8-14(13)23(24)25/h6-8,12,20H,5H2,1-4H3. The van der Waals surface area contributed by atoms with E-state index in [-0.39, 0.29) is 11.7 Å². The zero-order chi connectivity index (χ0) is 18.9.